The highest BCUT2D eigenvalue weighted by molar-refractivity contribution is 7.99. The van der Waals surface area contributed by atoms with E-state index in [0.717, 1.165) is 22.4 Å². The zero-order valence-corrected chi connectivity index (χ0v) is 18.4. The molecule has 0 aliphatic heterocycles. The molecule has 0 spiro atoms. The van der Waals surface area contributed by atoms with E-state index >= 15 is 0 Å². The standard InChI is InChI=1S/C21H20Cl2N4OS/c1-4-9-27-20(16-8-7-15(22)11-17(16)23)25-26-21(27)29-12-19(28)24-18-10-13(2)5-6-14(18)3/h4-8,10-11H,1,9,12H2,2-3H3,(H,24,28). The summed E-state index contributed by atoms with van der Waals surface area (Å²) in [5.74, 6) is 0.698. The van der Waals surface area contributed by atoms with Crippen LogP contribution in [0, 0.1) is 13.8 Å². The van der Waals surface area contributed by atoms with Crippen molar-refractivity contribution in [1.82, 2.24) is 14.8 Å². The van der Waals surface area contributed by atoms with E-state index in [1.54, 1.807) is 24.3 Å². The Bertz CT molecular complexity index is 1060. The number of aromatic nitrogens is 3. The smallest absolute Gasteiger partial charge is 0.234 e. The van der Waals surface area contributed by atoms with Crippen LogP contribution in [-0.2, 0) is 11.3 Å². The van der Waals surface area contributed by atoms with E-state index in [-0.39, 0.29) is 11.7 Å². The summed E-state index contributed by atoms with van der Waals surface area (Å²) in [5, 5.41) is 13.1. The molecule has 0 radical (unpaired) electrons. The fourth-order valence-electron chi connectivity index (χ4n) is 2.75. The maximum atomic E-state index is 12.4. The van der Waals surface area contributed by atoms with Crippen LogP contribution < -0.4 is 5.32 Å². The summed E-state index contributed by atoms with van der Waals surface area (Å²) < 4.78 is 1.87. The maximum Gasteiger partial charge on any atom is 0.234 e. The van der Waals surface area contributed by atoms with Gasteiger partial charge in [0.2, 0.25) is 5.91 Å². The van der Waals surface area contributed by atoms with Gasteiger partial charge in [-0.3, -0.25) is 9.36 Å². The van der Waals surface area contributed by atoms with Crippen molar-refractivity contribution in [3.63, 3.8) is 0 Å². The molecule has 0 fully saturated rings. The third-order valence-electron chi connectivity index (χ3n) is 4.20. The number of halogens is 2. The summed E-state index contributed by atoms with van der Waals surface area (Å²) in [6.07, 6.45) is 1.75. The lowest BCUT2D eigenvalue weighted by Crippen LogP contribution is -2.15. The Kier molecular flexibility index (Phi) is 7.00. The second-order valence-corrected chi connectivity index (χ2v) is 8.27. The van der Waals surface area contributed by atoms with Crippen molar-refractivity contribution in [1.29, 1.82) is 0 Å². The van der Waals surface area contributed by atoms with Crippen LogP contribution in [0.5, 0.6) is 0 Å². The summed E-state index contributed by atoms with van der Waals surface area (Å²) in [5.41, 5.74) is 3.64. The molecule has 0 aliphatic carbocycles. The minimum absolute atomic E-state index is 0.108. The Hall–Kier alpha value is -2.28. The van der Waals surface area contributed by atoms with Gasteiger partial charge in [-0.1, -0.05) is 53.2 Å². The molecule has 8 heteroatoms. The third kappa shape index (κ3) is 5.21. The molecule has 1 aromatic heterocycles. The lowest BCUT2D eigenvalue weighted by Gasteiger charge is -2.10. The van der Waals surface area contributed by atoms with Gasteiger partial charge in [-0.15, -0.1) is 16.8 Å². The molecule has 3 aromatic rings. The SMILES string of the molecule is C=CCn1c(SCC(=O)Nc2cc(C)ccc2C)nnc1-c1ccc(Cl)cc1Cl. The second kappa shape index (κ2) is 9.48. The average Bonchev–Trinajstić information content (AvgIpc) is 3.06. The Morgan fingerprint density at radius 3 is 2.72 bits per heavy atom. The first kappa shape index (κ1) is 21.4. The number of hydrogen-bond donors (Lipinski definition) is 1. The van der Waals surface area contributed by atoms with E-state index in [4.69, 9.17) is 23.2 Å². The van der Waals surface area contributed by atoms with Gasteiger partial charge in [0.05, 0.1) is 10.8 Å². The van der Waals surface area contributed by atoms with Crippen molar-refractivity contribution in [3.05, 3.63) is 70.2 Å². The molecule has 0 atom stereocenters. The Labute approximate surface area is 184 Å². The van der Waals surface area contributed by atoms with Crippen molar-refractivity contribution < 1.29 is 4.79 Å². The lowest BCUT2D eigenvalue weighted by molar-refractivity contribution is -0.113. The predicted octanol–water partition coefficient (Wildman–Crippen LogP) is 5.79. The number of anilines is 1. The summed E-state index contributed by atoms with van der Waals surface area (Å²) in [6.45, 7) is 8.24. The normalized spacial score (nSPS) is 10.8. The highest BCUT2D eigenvalue weighted by Gasteiger charge is 2.17. The van der Waals surface area contributed by atoms with Gasteiger partial charge in [0, 0.05) is 22.8 Å². The van der Waals surface area contributed by atoms with E-state index < -0.39 is 0 Å². The van der Waals surface area contributed by atoms with Crippen molar-refractivity contribution >= 4 is 46.6 Å². The molecule has 0 aliphatic rings. The molecule has 0 bridgehead atoms. The van der Waals surface area contributed by atoms with Gasteiger partial charge in [-0.25, -0.2) is 0 Å². The number of aryl methyl sites for hydroxylation is 2. The van der Waals surface area contributed by atoms with E-state index in [1.165, 1.54) is 11.8 Å². The summed E-state index contributed by atoms with van der Waals surface area (Å²) in [6, 6.07) is 11.2. The maximum absolute atomic E-state index is 12.4. The zero-order valence-electron chi connectivity index (χ0n) is 16.1. The number of rotatable bonds is 7. The van der Waals surface area contributed by atoms with Crippen LogP contribution in [0.25, 0.3) is 11.4 Å². The largest absolute Gasteiger partial charge is 0.325 e. The van der Waals surface area contributed by atoms with Crippen LogP contribution in [0.2, 0.25) is 10.0 Å². The van der Waals surface area contributed by atoms with Crippen LogP contribution in [0.15, 0.2) is 54.2 Å². The number of benzene rings is 2. The van der Waals surface area contributed by atoms with Gasteiger partial charge in [0.15, 0.2) is 11.0 Å². The number of carbonyl (C=O) groups excluding carboxylic acids is 1. The van der Waals surface area contributed by atoms with Gasteiger partial charge >= 0.3 is 0 Å². The number of nitrogens with one attached hydrogen (secondary N) is 1. The molecule has 5 nitrogen and oxygen atoms in total. The highest BCUT2D eigenvalue weighted by Crippen LogP contribution is 2.31. The molecule has 1 heterocycles. The van der Waals surface area contributed by atoms with Crippen molar-refractivity contribution in [2.75, 3.05) is 11.1 Å². The van der Waals surface area contributed by atoms with Crippen molar-refractivity contribution in [2.45, 2.75) is 25.5 Å². The number of nitrogens with zero attached hydrogens (tertiary/aromatic N) is 3. The summed E-state index contributed by atoms with van der Waals surface area (Å²) in [7, 11) is 0. The number of allylic oxidation sites excluding steroid dienone is 1. The number of hydrogen-bond acceptors (Lipinski definition) is 4. The van der Waals surface area contributed by atoms with Crippen LogP contribution >= 0.6 is 35.0 Å². The van der Waals surface area contributed by atoms with Crippen molar-refractivity contribution in [2.24, 2.45) is 0 Å². The molecule has 29 heavy (non-hydrogen) atoms. The van der Waals surface area contributed by atoms with Gasteiger partial charge in [0.1, 0.15) is 0 Å². The Morgan fingerprint density at radius 1 is 1.21 bits per heavy atom. The number of carbonyl (C=O) groups is 1. The van der Waals surface area contributed by atoms with Crippen LogP contribution in [0.1, 0.15) is 11.1 Å². The lowest BCUT2D eigenvalue weighted by atomic mass is 10.1. The monoisotopic (exact) mass is 446 g/mol. The van der Waals surface area contributed by atoms with Crippen LogP contribution in [-0.4, -0.2) is 26.4 Å². The van der Waals surface area contributed by atoms with Crippen LogP contribution in [0.3, 0.4) is 0 Å². The van der Waals surface area contributed by atoms with Gasteiger partial charge < -0.3 is 5.32 Å². The van der Waals surface area contributed by atoms with E-state index in [2.05, 4.69) is 22.1 Å². The number of amides is 1. The zero-order chi connectivity index (χ0) is 21.0. The molecular formula is C21H20Cl2N4OS. The summed E-state index contributed by atoms with van der Waals surface area (Å²) in [4.78, 5) is 12.4. The first-order valence-electron chi connectivity index (χ1n) is 8.88. The predicted molar refractivity (Wildman–Crippen MR) is 121 cm³/mol. The Morgan fingerprint density at radius 2 is 2.00 bits per heavy atom. The fourth-order valence-corrected chi connectivity index (χ4v) is 3.99. The summed E-state index contributed by atoms with van der Waals surface area (Å²) >= 11 is 13.6. The molecule has 3 rings (SSSR count). The molecule has 0 unspecified atom stereocenters. The Balaban J connectivity index is 1.77. The van der Waals surface area contributed by atoms with E-state index in [0.29, 0.717) is 27.6 Å². The molecule has 1 N–H and O–H groups in total. The highest BCUT2D eigenvalue weighted by atomic mass is 35.5. The minimum atomic E-state index is -0.108. The molecular weight excluding hydrogens is 427 g/mol. The second-order valence-electron chi connectivity index (χ2n) is 6.48. The molecule has 0 saturated heterocycles. The van der Waals surface area contributed by atoms with Crippen molar-refractivity contribution in [3.8, 4) is 11.4 Å². The fraction of sp³-hybridized carbons (Fsp3) is 0.190. The van der Waals surface area contributed by atoms with Gasteiger partial charge in [0.25, 0.3) is 0 Å². The first-order valence-corrected chi connectivity index (χ1v) is 10.6. The number of thioether (sulfide) groups is 1. The molecule has 2 aromatic carbocycles. The topological polar surface area (TPSA) is 59.8 Å². The molecule has 150 valence electrons. The van der Waals surface area contributed by atoms with Gasteiger partial charge in [-0.05, 0) is 49.2 Å². The minimum Gasteiger partial charge on any atom is -0.325 e. The van der Waals surface area contributed by atoms with E-state index in [1.807, 2.05) is 36.6 Å². The third-order valence-corrected chi connectivity index (χ3v) is 5.71. The quantitative estimate of drug-likeness (QED) is 0.368. The van der Waals surface area contributed by atoms with E-state index in [9.17, 15) is 4.79 Å². The molecule has 1 amide bonds. The molecule has 0 saturated carbocycles. The average molecular weight is 447 g/mol. The van der Waals surface area contributed by atoms with Crippen LogP contribution in [0.4, 0.5) is 5.69 Å². The first-order chi connectivity index (χ1) is 13.9. The van der Waals surface area contributed by atoms with Gasteiger partial charge in [-0.2, -0.15) is 0 Å².